The zero-order chi connectivity index (χ0) is 18.5. The second-order valence-electron chi connectivity index (χ2n) is 5.67. The molecule has 1 amide bonds. The van der Waals surface area contributed by atoms with Crippen LogP contribution in [0.4, 0.5) is 0 Å². The van der Waals surface area contributed by atoms with Gasteiger partial charge in [0.15, 0.2) is 4.96 Å². The number of esters is 1. The first kappa shape index (κ1) is 17.8. The molecule has 1 N–H and O–H groups in total. The maximum Gasteiger partial charge on any atom is 0.308 e. The van der Waals surface area contributed by atoms with Crippen LogP contribution in [0.25, 0.3) is 4.96 Å². The zero-order valence-corrected chi connectivity index (χ0v) is 14.9. The molecule has 134 valence electrons. The van der Waals surface area contributed by atoms with E-state index in [1.165, 1.54) is 28.7 Å². The number of aromatic nitrogens is 2. The van der Waals surface area contributed by atoms with Crippen molar-refractivity contribution in [1.82, 2.24) is 14.7 Å². The van der Waals surface area contributed by atoms with Crippen molar-refractivity contribution in [3.63, 3.8) is 0 Å². The maximum absolute atomic E-state index is 12.2. The van der Waals surface area contributed by atoms with Gasteiger partial charge in [0, 0.05) is 24.6 Å². The van der Waals surface area contributed by atoms with E-state index in [1.54, 1.807) is 11.6 Å². The number of hydrogen-bond donors (Lipinski definition) is 1. The van der Waals surface area contributed by atoms with E-state index in [0.717, 1.165) is 5.56 Å². The lowest BCUT2D eigenvalue weighted by Gasteiger charge is -2.17. The number of nitrogens with one attached hydrogen (secondary N) is 1. The highest BCUT2D eigenvalue weighted by Crippen LogP contribution is 2.17. The van der Waals surface area contributed by atoms with Gasteiger partial charge in [-0.15, -0.1) is 11.3 Å². The summed E-state index contributed by atoms with van der Waals surface area (Å²) in [6.07, 6.45) is 1.63. The molecular formula is C18H17N3O4S. The molecule has 26 heavy (non-hydrogen) atoms. The number of hydrogen-bond acceptors (Lipinski definition) is 6. The van der Waals surface area contributed by atoms with Gasteiger partial charge in [-0.1, -0.05) is 30.3 Å². The minimum Gasteiger partial charge on any atom is -0.459 e. The maximum atomic E-state index is 12.2. The van der Waals surface area contributed by atoms with Crippen LogP contribution in [-0.4, -0.2) is 21.3 Å². The monoisotopic (exact) mass is 371 g/mol. The highest BCUT2D eigenvalue weighted by molar-refractivity contribution is 7.15. The van der Waals surface area contributed by atoms with E-state index in [9.17, 15) is 14.4 Å². The molecule has 0 fully saturated rings. The summed E-state index contributed by atoms with van der Waals surface area (Å²) in [5, 5.41) is 4.51. The fraction of sp³-hybridized carbons (Fsp3) is 0.222. The van der Waals surface area contributed by atoms with Crippen molar-refractivity contribution >= 4 is 28.2 Å². The molecule has 3 aromatic rings. The zero-order valence-electron chi connectivity index (χ0n) is 14.0. The van der Waals surface area contributed by atoms with Gasteiger partial charge in [-0.25, -0.2) is 4.98 Å². The first-order chi connectivity index (χ1) is 12.5. The van der Waals surface area contributed by atoms with E-state index >= 15 is 0 Å². The van der Waals surface area contributed by atoms with E-state index in [-0.39, 0.29) is 24.5 Å². The van der Waals surface area contributed by atoms with Gasteiger partial charge in [0.05, 0.1) is 18.2 Å². The fourth-order valence-electron chi connectivity index (χ4n) is 2.52. The number of benzene rings is 1. The molecule has 3 rings (SSSR count). The number of rotatable bonds is 6. The van der Waals surface area contributed by atoms with Crippen LogP contribution < -0.4 is 10.9 Å². The summed E-state index contributed by atoms with van der Waals surface area (Å²) < 4.78 is 6.67. The van der Waals surface area contributed by atoms with Crippen molar-refractivity contribution in [1.29, 1.82) is 0 Å². The third kappa shape index (κ3) is 4.34. The fourth-order valence-corrected chi connectivity index (χ4v) is 3.26. The van der Waals surface area contributed by atoms with E-state index in [0.29, 0.717) is 10.7 Å². The van der Waals surface area contributed by atoms with Crippen LogP contribution in [0.15, 0.2) is 52.8 Å². The third-order valence-electron chi connectivity index (χ3n) is 3.69. The molecule has 1 atom stereocenters. The van der Waals surface area contributed by atoms with E-state index in [4.69, 9.17) is 4.74 Å². The molecular weight excluding hydrogens is 354 g/mol. The number of ether oxygens (including phenoxy) is 1. The average Bonchev–Trinajstić information content (AvgIpc) is 3.09. The Morgan fingerprint density at radius 1 is 1.31 bits per heavy atom. The Balaban J connectivity index is 1.66. The Morgan fingerprint density at radius 3 is 2.81 bits per heavy atom. The molecule has 0 spiro atoms. The van der Waals surface area contributed by atoms with Crippen molar-refractivity contribution in [2.24, 2.45) is 0 Å². The summed E-state index contributed by atoms with van der Waals surface area (Å²) in [4.78, 5) is 40.4. The second kappa shape index (κ2) is 7.92. The van der Waals surface area contributed by atoms with Gasteiger partial charge in [-0.2, -0.15) is 0 Å². The Labute approximate surface area is 153 Å². The quantitative estimate of drug-likeness (QED) is 0.670. The van der Waals surface area contributed by atoms with Gasteiger partial charge in [0.1, 0.15) is 6.61 Å². The first-order valence-corrected chi connectivity index (χ1v) is 8.84. The van der Waals surface area contributed by atoms with E-state index < -0.39 is 12.0 Å². The highest BCUT2D eigenvalue weighted by atomic mass is 32.1. The lowest BCUT2D eigenvalue weighted by molar-refractivity contribution is -0.145. The molecule has 0 bridgehead atoms. The molecule has 0 aliphatic rings. The second-order valence-corrected chi connectivity index (χ2v) is 6.54. The largest absolute Gasteiger partial charge is 0.459 e. The van der Waals surface area contributed by atoms with Crippen LogP contribution in [0.2, 0.25) is 0 Å². The van der Waals surface area contributed by atoms with Crippen molar-refractivity contribution in [2.45, 2.75) is 26.0 Å². The van der Waals surface area contributed by atoms with Crippen LogP contribution in [0, 0.1) is 0 Å². The van der Waals surface area contributed by atoms with Crippen molar-refractivity contribution in [3.05, 3.63) is 69.6 Å². The third-order valence-corrected chi connectivity index (χ3v) is 4.44. The molecule has 2 heterocycles. The number of fused-ring (bicyclic) bond motifs is 1. The van der Waals surface area contributed by atoms with Gasteiger partial charge >= 0.3 is 5.97 Å². The van der Waals surface area contributed by atoms with Gasteiger partial charge < -0.3 is 10.1 Å². The normalized spacial score (nSPS) is 11.9. The van der Waals surface area contributed by atoms with Gasteiger partial charge in [0.25, 0.3) is 5.56 Å². The van der Waals surface area contributed by atoms with Crippen LogP contribution in [-0.2, 0) is 20.9 Å². The highest BCUT2D eigenvalue weighted by Gasteiger charge is 2.18. The Hall–Kier alpha value is -3.00. The van der Waals surface area contributed by atoms with Gasteiger partial charge in [0.2, 0.25) is 5.91 Å². The van der Waals surface area contributed by atoms with Crippen LogP contribution >= 0.6 is 11.3 Å². The summed E-state index contributed by atoms with van der Waals surface area (Å²) in [6.45, 7) is 1.30. The Kier molecular flexibility index (Phi) is 5.43. The lowest BCUT2D eigenvalue weighted by atomic mass is 10.0. The van der Waals surface area contributed by atoms with Gasteiger partial charge in [-0.05, 0) is 5.56 Å². The summed E-state index contributed by atoms with van der Waals surface area (Å²) in [5.41, 5.74) is 0.986. The number of thiazole rings is 1. The predicted octanol–water partition coefficient (Wildman–Crippen LogP) is 2.07. The van der Waals surface area contributed by atoms with Crippen molar-refractivity contribution in [3.8, 4) is 0 Å². The van der Waals surface area contributed by atoms with Crippen molar-refractivity contribution in [2.75, 3.05) is 0 Å². The summed E-state index contributed by atoms with van der Waals surface area (Å²) in [6, 6.07) is 10.1. The summed E-state index contributed by atoms with van der Waals surface area (Å²) >= 11 is 1.33. The van der Waals surface area contributed by atoms with Crippen LogP contribution in [0.5, 0.6) is 0 Å². The smallest absolute Gasteiger partial charge is 0.308 e. The molecule has 8 heteroatoms. The van der Waals surface area contributed by atoms with Crippen LogP contribution in [0.3, 0.4) is 0 Å². The Bertz CT molecular complexity index is 981. The molecule has 2 aromatic heterocycles. The molecule has 0 unspecified atom stereocenters. The van der Waals surface area contributed by atoms with Crippen molar-refractivity contribution < 1.29 is 14.3 Å². The minimum atomic E-state index is -0.485. The number of amides is 1. The molecule has 0 saturated heterocycles. The number of carbonyl (C=O) groups is 2. The number of carbonyl (C=O) groups excluding carboxylic acids is 2. The van der Waals surface area contributed by atoms with E-state index in [2.05, 4.69) is 10.3 Å². The topological polar surface area (TPSA) is 89.8 Å². The SMILES string of the molecule is CC(=O)N[C@@H](CC(=O)OCc1cc(=O)n2ccsc2n1)c1ccccc1. The lowest BCUT2D eigenvalue weighted by Crippen LogP contribution is -2.28. The molecule has 0 aliphatic carbocycles. The van der Waals surface area contributed by atoms with Crippen LogP contribution in [0.1, 0.15) is 30.6 Å². The summed E-state index contributed by atoms with van der Waals surface area (Å²) in [5.74, 6) is -0.717. The molecule has 7 nitrogen and oxygen atoms in total. The van der Waals surface area contributed by atoms with E-state index in [1.807, 2.05) is 30.3 Å². The number of nitrogens with zero attached hydrogens (tertiary/aromatic N) is 2. The van der Waals surface area contributed by atoms with Gasteiger partial charge in [-0.3, -0.25) is 18.8 Å². The summed E-state index contributed by atoms with van der Waals surface area (Å²) in [7, 11) is 0. The first-order valence-electron chi connectivity index (χ1n) is 7.96. The predicted molar refractivity (Wildman–Crippen MR) is 96.8 cm³/mol. The molecule has 0 saturated carbocycles. The molecule has 0 radical (unpaired) electrons. The Morgan fingerprint density at radius 2 is 2.08 bits per heavy atom. The minimum absolute atomic E-state index is 0.0101. The standard InChI is InChI=1S/C18H17N3O4S/c1-12(22)19-15(13-5-3-2-4-6-13)10-17(24)25-11-14-9-16(23)21-7-8-26-18(21)20-14/h2-9,15H,10-11H2,1H3,(H,19,22)/t15-/m0/s1. The molecule has 0 aliphatic heterocycles. The molecule has 1 aromatic carbocycles. The average molecular weight is 371 g/mol.